The van der Waals surface area contributed by atoms with E-state index >= 15 is 0 Å². The van der Waals surface area contributed by atoms with Gasteiger partial charge in [0, 0.05) is 11.9 Å². The van der Waals surface area contributed by atoms with Crippen molar-refractivity contribution in [3.05, 3.63) is 41.0 Å². The lowest BCUT2D eigenvalue weighted by Crippen LogP contribution is -2.24. The number of hydrogen-bond acceptors (Lipinski definition) is 2. The van der Waals surface area contributed by atoms with E-state index in [4.69, 9.17) is 11.6 Å². The second-order valence-electron chi connectivity index (χ2n) is 3.37. The predicted octanol–water partition coefficient (Wildman–Crippen LogP) is 2.64. The molecule has 3 nitrogen and oxygen atoms in total. The van der Waals surface area contributed by atoms with E-state index in [1.807, 2.05) is 31.2 Å². The average molecular weight is 235 g/mol. The number of hydrogen-bond donors (Lipinski definition) is 1. The number of pyridine rings is 1. The van der Waals surface area contributed by atoms with Crippen molar-refractivity contribution in [3.8, 4) is 0 Å². The third-order valence-corrected chi connectivity index (χ3v) is 2.52. The molecule has 0 saturated heterocycles. The molecule has 1 N–H and O–H groups in total. The van der Waals surface area contributed by atoms with Gasteiger partial charge in [-0.3, -0.25) is 4.79 Å². The molecule has 1 aromatic carbocycles. The summed E-state index contributed by atoms with van der Waals surface area (Å²) >= 11 is 6.01. The number of aromatic nitrogens is 1. The van der Waals surface area contributed by atoms with Gasteiger partial charge in [-0.25, -0.2) is 4.98 Å². The molecule has 4 heteroatoms. The molecule has 1 aromatic heterocycles. The Hall–Kier alpha value is -1.61. The Morgan fingerprint density at radius 2 is 2.19 bits per heavy atom. The maximum atomic E-state index is 11.7. The van der Waals surface area contributed by atoms with Gasteiger partial charge < -0.3 is 5.32 Å². The Bertz CT molecular complexity index is 540. The highest BCUT2D eigenvalue weighted by Crippen LogP contribution is 2.20. The summed E-state index contributed by atoms with van der Waals surface area (Å²) in [5, 5.41) is 3.99. The van der Waals surface area contributed by atoms with E-state index in [1.54, 1.807) is 6.07 Å². The average Bonchev–Trinajstić information content (AvgIpc) is 2.28. The third-order valence-electron chi connectivity index (χ3n) is 2.23. The molecule has 0 bridgehead atoms. The first-order chi connectivity index (χ1) is 7.72. The van der Waals surface area contributed by atoms with Crippen LogP contribution < -0.4 is 5.32 Å². The van der Waals surface area contributed by atoms with Crippen LogP contribution in [0.15, 0.2) is 30.3 Å². The van der Waals surface area contributed by atoms with Gasteiger partial charge in [-0.15, -0.1) is 0 Å². The molecular formula is C12H11ClN2O. The van der Waals surface area contributed by atoms with Crippen LogP contribution in [0.4, 0.5) is 0 Å². The number of carbonyl (C=O) groups is 1. The fourth-order valence-electron chi connectivity index (χ4n) is 1.49. The zero-order valence-corrected chi connectivity index (χ0v) is 9.58. The first-order valence-corrected chi connectivity index (χ1v) is 5.43. The standard InChI is InChI=1S/C12H11ClN2O/c1-2-14-12(16)11-9(13)7-8-5-3-4-6-10(8)15-11/h3-7H,2H2,1H3,(H,14,16). The van der Waals surface area contributed by atoms with Crippen LogP contribution in [0.5, 0.6) is 0 Å². The minimum atomic E-state index is -0.238. The SMILES string of the molecule is CCNC(=O)c1nc2ccccc2cc1Cl. The van der Waals surface area contributed by atoms with Crippen molar-refractivity contribution in [2.75, 3.05) is 6.54 Å². The Labute approximate surface area is 98.4 Å². The highest BCUT2D eigenvalue weighted by atomic mass is 35.5. The van der Waals surface area contributed by atoms with Crippen molar-refractivity contribution >= 4 is 28.4 Å². The first-order valence-electron chi connectivity index (χ1n) is 5.06. The molecule has 2 aromatic rings. The van der Waals surface area contributed by atoms with Crippen LogP contribution in [0.2, 0.25) is 5.02 Å². The number of nitrogens with one attached hydrogen (secondary N) is 1. The van der Waals surface area contributed by atoms with Gasteiger partial charge in [0.05, 0.1) is 10.5 Å². The lowest BCUT2D eigenvalue weighted by atomic mass is 10.2. The summed E-state index contributed by atoms with van der Waals surface area (Å²) in [4.78, 5) is 15.9. The highest BCUT2D eigenvalue weighted by Gasteiger charge is 2.12. The monoisotopic (exact) mass is 234 g/mol. The second kappa shape index (κ2) is 4.49. The quantitative estimate of drug-likeness (QED) is 0.868. The van der Waals surface area contributed by atoms with Crippen LogP contribution >= 0.6 is 11.6 Å². The van der Waals surface area contributed by atoms with Crippen LogP contribution in [0.25, 0.3) is 10.9 Å². The van der Waals surface area contributed by atoms with Crippen molar-refractivity contribution in [1.82, 2.24) is 10.3 Å². The summed E-state index contributed by atoms with van der Waals surface area (Å²) in [6.45, 7) is 2.41. The number of fused-ring (bicyclic) bond motifs is 1. The van der Waals surface area contributed by atoms with E-state index in [0.29, 0.717) is 11.6 Å². The smallest absolute Gasteiger partial charge is 0.271 e. The first kappa shape index (κ1) is 10.9. The zero-order valence-electron chi connectivity index (χ0n) is 8.83. The molecule has 1 amide bonds. The number of nitrogens with zero attached hydrogens (tertiary/aromatic N) is 1. The third kappa shape index (κ3) is 1.99. The molecule has 0 fully saturated rings. The van der Waals surface area contributed by atoms with Gasteiger partial charge in [-0.05, 0) is 19.1 Å². The molecule has 0 spiro atoms. The molecule has 16 heavy (non-hydrogen) atoms. The molecule has 0 aliphatic heterocycles. The van der Waals surface area contributed by atoms with Gasteiger partial charge >= 0.3 is 0 Å². The van der Waals surface area contributed by atoms with Gasteiger partial charge in [0.25, 0.3) is 5.91 Å². The molecule has 0 radical (unpaired) electrons. The fourth-order valence-corrected chi connectivity index (χ4v) is 1.74. The van der Waals surface area contributed by atoms with E-state index in [-0.39, 0.29) is 11.6 Å². The summed E-state index contributed by atoms with van der Waals surface area (Å²) in [7, 11) is 0. The molecule has 0 aliphatic rings. The number of halogens is 1. The largest absolute Gasteiger partial charge is 0.351 e. The summed E-state index contributed by atoms with van der Waals surface area (Å²) in [6, 6.07) is 9.31. The van der Waals surface area contributed by atoms with Gasteiger partial charge in [-0.2, -0.15) is 0 Å². The molecular weight excluding hydrogens is 224 g/mol. The van der Waals surface area contributed by atoms with Crippen LogP contribution in [0.1, 0.15) is 17.4 Å². The number of rotatable bonds is 2. The van der Waals surface area contributed by atoms with Crippen LogP contribution in [0.3, 0.4) is 0 Å². The molecule has 0 aliphatic carbocycles. The minimum absolute atomic E-state index is 0.238. The van der Waals surface area contributed by atoms with E-state index in [9.17, 15) is 4.79 Å². The van der Waals surface area contributed by atoms with Gasteiger partial charge in [0.2, 0.25) is 0 Å². The lowest BCUT2D eigenvalue weighted by Gasteiger charge is -2.05. The van der Waals surface area contributed by atoms with Crippen LogP contribution in [0, 0.1) is 0 Å². The predicted molar refractivity (Wildman–Crippen MR) is 64.8 cm³/mol. The molecule has 82 valence electrons. The van der Waals surface area contributed by atoms with E-state index < -0.39 is 0 Å². The molecule has 1 heterocycles. The second-order valence-corrected chi connectivity index (χ2v) is 3.78. The lowest BCUT2D eigenvalue weighted by molar-refractivity contribution is 0.0951. The maximum absolute atomic E-state index is 11.7. The maximum Gasteiger partial charge on any atom is 0.271 e. The number of amides is 1. The fraction of sp³-hybridized carbons (Fsp3) is 0.167. The summed E-state index contributed by atoms with van der Waals surface area (Å²) < 4.78 is 0. The number of para-hydroxylation sites is 1. The Kier molecular flexibility index (Phi) is 3.06. The Morgan fingerprint density at radius 3 is 2.94 bits per heavy atom. The van der Waals surface area contributed by atoms with Crippen LogP contribution in [-0.4, -0.2) is 17.4 Å². The normalized spacial score (nSPS) is 10.4. The van der Waals surface area contributed by atoms with Crippen molar-refractivity contribution in [2.45, 2.75) is 6.92 Å². The summed E-state index contributed by atoms with van der Waals surface area (Å²) in [5.41, 5.74) is 1.05. The summed E-state index contributed by atoms with van der Waals surface area (Å²) in [6.07, 6.45) is 0. The number of benzene rings is 1. The zero-order chi connectivity index (χ0) is 11.5. The van der Waals surface area contributed by atoms with Crippen molar-refractivity contribution in [1.29, 1.82) is 0 Å². The van der Waals surface area contributed by atoms with Crippen LogP contribution in [-0.2, 0) is 0 Å². The van der Waals surface area contributed by atoms with E-state index in [0.717, 1.165) is 10.9 Å². The number of carbonyl (C=O) groups excluding carboxylic acids is 1. The molecule has 0 saturated carbocycles. The van der Waals surface area contributed by atoms with Crippen molar-refractivity contribution < 1.29 is 4.79 Å². The van der Waals surface area contributed by atoms with E-state index in [2.05, 4.69) is 10.3 Å². The Balaban J connectivity index is 2.54. The topological polar surface area (TPSA) is 42.0 Å². The Morgan fingerprint density at radius 1 is 1.44 bits per heavy atom. The van der Waals surface area contributed by atoms with Crippen molar-refractivity contribution in [3.63, 3.8) is 0 Å². The molecule has 0 unspecified atom stereocenters. The molecule has 0 atom stereocenters. The highest BCUT2D eigenvalue weighted by molar-refractivity contribution is 6.34. The van der Waals surface area contributed by atoms with Crippen molar-refractivity contribution in [2.24, 2.45) is 0 Å². The van der Waals surface area contributed by atoms with Gasteiger partial charge in [-0.1, -0.05) is 29.8 Å². The van der Waals surface area contributed by atoms with Gasteiger partial charge in [0.15, 0.2) is 0 Å². The molecule has 2 rings (SSSR count). The minimum Gasteiger partial charge on any atom is -0.351 e. The van der Waals surface area contributed by atoms with E-state index in [1.165, 1.54) is 0 Å². The van der Waals surface area contributed by atoms with Gasteiger partial charge in [0.1, 0.15) is 5.69 Å². The summed E-state index contributed by atoms with van der Waals surface area (Å²) in [5.74, 6) is -0.238.